The Balaban J connectivity index is 0.000000198. The summed E-state index contributed by atoms with van der Waals surface area (Å²) in [6, 6.07) is 6.64. The van der Waals surface area contributed by atoms with E-state index >= 15 is 0 Å². The summed E-state index contributed by atoms with van der Waals surface area (Å²) in [5.41, 5.74) is 1.18. The Morgan fingerprint density at radius 2 is 2.00 bits per heavy atom. The van der Waals surface area contributed by atoms with Gasteiger partial charge in [0, 0.05) is 25.2 Å². The highest BCUT2D eigenvalue weighted by atomic mass is 16.7. The van der Waals surface area contributed by atoms with Crippen molar-refractivity contribution in [2.75, 3.05) is 13.2 Å². The predicted molar refractivity (Wildman–Crippen MR) is 83.4 cm³/mol. The highest BCUT2D eigenvalue weighted by molar-refractivity contribution is 5.58. The number of ether oxygens (including phenoxy) is 3. The minimum Gasteiger partial charge on any atom is -0.497 e. The predicted octanol–water partition coefficient (Wildman–Crippen LogP) is 3.78. The van der Waals surface area contributed by atoms with E-state index in [4.69, 9.17) is 14.6 Å². The minimum absolute atomic E-state index is 0.125. The zero-order valence-electron chi connectivity index (χ0n) is 13.1. The van der Waals surface area contributed by atoms with Crippen LogP contribution in [0.2, 0.25) is 0 Å². The molecule has 1 N–H and O–H groups in total. The number of carboxylic acid groups (broad SMARTS) is 1. The molecule has 3 rings (SSSR count). The van der Waals surface area contributed by atoms with E-state index < -0.39 is 6.16 Å². The number of carbonyl (C=O) groups is 1. The number of nitro benzene ring substituents is 1. The monoisotopic (exact) mass is 337 g/mol. The maximum atomic E-state index is 10.5. The minimum atomic E-state index is -1.29. The summed E-state index contributed by atoms with van der Waals surface area (Å²) in [6.45, 7) is 1.31. The molecular weight excluding hydrogens is 318 g/mol. The average molecular weight is 337 g/mol. The first kappa shape index (κ1) is 17.7. The maximum Gasteiger partial charge on any atom is 0.511 e. The van der Waals surface area contributed by atoms with Crippen molar-refractivity contribution in [2.24, 2.45) is 0 Å². The summed E-state index contributed by atoms with van der Waals surface area (Å²) < 4.78 is 14.6. The van der Waals surface area contributed by atoms with Crippen molar-refractivity contribution < 1.29 is 29.0 Å². The van der Waals surface area contributed by atoms with E-state index in [-0.39, 0.29) is 16.7 Å². The third kappa shape index (κ3) is 5.54. The largest absolute Gasteiger partial charge is 0.511 e. The van der Waals surface area contributed by atoms with Gasteiger partial charge in [0.25, 0.3) is 5.69 Å². The lowest BCUT2D eigenvalue weighted by Gasteiger charge is -2.22. The van der Waals surface area contributed by atoms with Crippen molar-refractivity contribution in [3.8, 4) is 0 Å². The number of nitrogens with zero attached hydrogens (tertiary/aromatic N) is 1. The Morgan fingerprint density at radius 1 is 1.25 bits per heavy atom. The molecule has 0 amide bonds. The second-order valence-electron chi connectivity index (χ2n) is 5.28. The summed E-state index contributed by atoms with van der Waals surface area (Å²) in [4.78, 5) is 19.9. The lowest BCUT2D eigenvalue weighted by Crippen LogP contribution is -2.11. The van der Waals surface area contributed by atoms with Crippen LogP contribution in [0.25, 0.3) is 0 Å². The fourth-order valence-corrected chi connectivity index (χ4v) is 2.37. The highest BCUT2D eigenvalue weighted by Crippen LogP contribution is 2.28. The van der Waals surface area contributed by atoms with Crippen LogP contribution in [0.15, 0.2) is 36.3 Å². The maximum absolute atomic E-state index is 10.5. The molecule has 8 nitrogen and oxygen atoms in total. The van der Waals surface area contributed by atoms with Crippen molar-refractivity contribution in [1.29, 1.82) is 0 Å². The second kappa shape index (κ2) is 8.88. The second-order valence-corrected chi connectivity index (χ2v) is 5.28. The Hall–Kier alpha value is -2.61. The summed E-state index contributed by atoms with van der Waals surface area (Å²) >= 11 is 0. The number of hydrogen-bond acceptors (Lipinski definition) is 6. The molecule has 1 aromatic carbocycles. The van der Waals surface area contributed by atoms with Gasteiger partial charge >= 0.3 is 6.16 Å². The van der Waals surface area contributed by atoms with Gasteiger partial charge in [-0.3, -0.25) is 10.1 Å². The van der Waals surface area contributed by atoms with Crippen LogP contribution in [0.4, 0.5) is 10.5 Å². The van der Waals surface area contributed by atoms with Gasteiger partial charge in [0.15, 0.2) is 0 Å². The summed E-state index contributed by atoms with van der Waals surface area (Å²) in [5, 5.41) is 18.5. The molecule has 8 heteroatoms. The fourth-order valence-electron chi connectivity index (χ4n) is 2.37. The van der Waals surface area contributed by atoms with E-state index in [0.717, 1.165) is 25.0 Å². The van der Waals surface area contributed by atoms with E-state index in [1.165, 1.54) is 24.8 Å². The van der Waals surface area contributed by atoms with Crippen molar-refractivity contribution in [3.05, 3.63) is 52.0 Å². The number of rotatable bonds is 3. The molecule has 2 aliphatic heterocycles. The van der Waals surface area contributed by atoms with Crippen LogP contribution in [0, 0.1) is 10.1 Å². The summed E-state index contributed by atoms with van der Waals surface area (Å²) in [6.07, 6.45) is 4.00. The molecule has 1 aromatic rings. The number of non-ortho nitro benzene ring substituents is 1. The Labute approximate surface area is 138 Å². The molecule has 0 saturated carbocycles. The SMILES string of the molecule is O=C(O)OC1=COCC1.O=[N+]([O-])c1ccc(C2CCCCO2)cc1. The van der Waals surface area contributed by atoms with Gasteiger partial charge in [0.1, 0.15) is 12.0 Å². The fraction of sp³-hybridized carbons (Fsp3) is 0.438. The summed E-state index contributed by atoms with van der Waals surface area (Å²) in [5.74, 6) is 0.377. The van der Waals surface area contributed by atoms with Gasteiger partial charge in [-0.15, -0.1) is 0 Å². The molecule has 0 aromatic heterocycles. The molecular formula is C16H19NO7. The van der Waals surface area contributed by atoms with Gasteiger partial charge in [0.05, 0.1) is 17.6 Å². The van der Waals surface area contributed by atoms with Gasteiger partial charge < -0.3 is 19.3 Å². The molecule has 0 radical (unpaired) electrons. The Bertz CT molecular complexity index is 591. The van der Waals surface area contributed by atoms with Gasteiger partial charge in [-0.2, -0.15) is 0 Å². The Morgan fingerprint density at radius 3 is 2.50 bits per heavy atom. The zero-order chi connectivity index (χ0) is 17.4. The van der Waals surface area contributed by atoms with Gasteiger partial charge in [-0.25, -0.2) is 4.79 Å². The normalized spacial score (nSPS) is 19.3. The standard InChI is InChI=1S/C11H13NO3.C5H6O4/c13-12(14)10-6-4-9(5-7-10)11-3-1-2-8-15-11;6-5(7)9-4-1-2-8-3-4/h4-7,11H,1-3,8H2;3H,1-2H2,(H,6,7). The first-order valence-corrected chi connectivity index (χ1v) is 7.63. The first-order chi connectivity index (χ1) is 11.6. The highest BCUT2D eigenvalue weighted by Gasteiger charge is 2.16. The van der Waals surface area contributed by atoms with E-state index in [9.17, 15) is 14.9 Å². The molecule has 1 unspecified atom stereocenters. The van der Waals surface area contributed by atoms with Gasteiger partial charge in [0.2, 0.25) is 0 Å². The van der Waals surface area contributed by atoms with Crippen molar-refractivity contribution in [1.82, 2.24) is 0 Å². The Kier molecular flexibility index (Phi) is 6.56. The number of nitro groups is 1. The molecule has 2 heterocycles. The van der Waals surface area contributed by atoms with Crippen LogP contribution >= 0.6 is 0 Å². The molecule has 2 aliphatic rings. The van der Waals surface area contributed by atoms with E-state index in [2.05, 4.69) is 4.74 Å². The van der Waals surface area contributed by atoms with Crippen LogP contribution < -0.4 is 0 Å². The van der Waals surface area contributed by atoms with Crippen LogP contribution in [0.3, 0.4) is 0 Å². The molecule has 24 heavy (non-hydrogen) atoms. The summed E-state index contributed by atoms with van der Waals surface area (Å²) in [7, 11) is 0. The van der Waals surface area contributed by atoms with Crippen LogP contribution in [0.5, 0.6) is 0 Å². The van der Waals surface area contributed by atoms with Crippen LogP contribution in [-0.4, -0.2) is 29.4 Å². The topological polar surface area (TPSA) is 108 Å². The van der Waals surface area contributed by atoms with Crippen molar-refractivity contribution >= 4 is 11.8 Å². The smallest absolute Gasteiger partial charge is 0.497 e. The molecule has 0 aliphatic carbocycles. The average Bonchev–Trinajstić information content (AvgIpc) is 3.08. The lowest BCUT2D eigenvalue weighted by molar-refractivity contribution is -0.384. The van der Waals surface area contributed by atoms with E-state index in [1.807, 2.05) is 0 Å². The van der Waals surface area contributed by atoms with Gasteiger partial charge in [-0.05, 0) is 37.0 Å². The van der Waals surface area contributed by atoms with E-state index in [0.29, 0.717) is 18.8 Å². The molecule has 130 valence electrons. The zero-order valence-corrected chi connectivity index (χ0v) is 13.1. The lowest BCUT2D eigenvalue weighted by atomic mass is 10.0. The quantitative estimate of drug-likeness (QED) is 0.508. The third-order valence-electron chi connectivity index (χ3n) is 3.55. The molecule has 1 saturated heterocycles. The van der Waals surface area contributed by atoms with Gasteiger partial charge in [-0.1, -0.05) is 0 Å². The molecule has 0 spiro atoms. The van der Waals surface area contributed by atoms with Crippen molar-refractivity contribution in [3.63, 3.8) is 0 Å². The van der Waals surface area contributed by atoms with E-state index in [1.54, 1.807) is 12.1 Å². The van der Waals surface area contributed by atoms with Crippen LogP contribution in [0.1, 0.15) is 37.4 Å². The number of hydrogen-bond donors (Lipinski definition) is 1. The molecule has 0 bridgehead atoms. The molecule has 1 atom stereocenters. The molecule has 1 fully saturated rings. The third-order valence-corrected chi connectivity index (χ3v) is 3.55. The van der Waals surface area contributed by atoms with Crippen LogP contribution in [-0.2, 0) is 14.2 Å². The first-order valence-electron chi connectivity index (χ1n) is 7.63. The van der Waals surface area contributed by atoms with Crippen molar-refractivity contribution in [2.45, 2.75) is 31.8 Å². The number of benzene rings is 1.